The van der Waals surface area contributed by atoms with E-state index in [2.05, 4.69) is 0 Å². The van der Waals surface area contributed by atoms with Crippen molar-refractivity contribution in [2.24, 2.45) is 0 Å². The molecule has 64 valence electrons. The number of aliphatic carboxylic acids is 1. The highest BCUT2D eigenvalue weighted by Gasteiger charge is 2.28. The Bertz CT molecular complexity index is 221. The van der Waals surface area contributed by atoms with E-state index in [1.807, 2.05) is 0 Å². The Morgan fingerprint density at radius 1 is 1.27 bits per heavy atom. The first kappa shape index (κ1) is 10.1. The zero-order valence-corrected chi connectivity index (χ0v) is 6.32. The number of hydrogen-bond donors (Lipinski definition) is 3. The molecule has 11 heavy (non-hydrogen) atoms. The summed E-state index contributed by atoms with van der Waals surface area (Å²) in [6, 6.07) is 0. The van der Waals surface area contributed by atoms with Crippen molar-refractivity contribution < 1.29 is 29.3 Å². The van der Waals surface area contributed by atoms with Gasteiger partial charge in [-0.25, -0.2) is 4.79 Å². The molecule has 0 aromatic carbocycles. The van der Waals surface area contributed by atoms with E-state index in [9.17, 15) is 14.2 Å². The van der Waals surface area contributed by atoms with Gasteiger partial charge >= 0.3 is 19.0 Å². The molecule has 0 radical (unpaired) electrons. The van der Waals surface area contributed by atoms with Crippen LogP contribution in [0.4, 0.5) is 4.79 Å². The monoisotopic (exact) mass is 182 g/mol. The Kier molecular flexibility index (Phi) is 3.22. The first-order valence-electron chi connectivity index (χ1n) is 2.63. The van der Waals surface area contributed by atoms with Crippen molar-refractivity contribution in [3.63, 3.8) is 0 Å². The van der Waals surface area contributed by atoms with Crippen LogP contribution >= 0.6 is 7.37 Å². The number of carboxylic acid groups (broad SMARTS) is 2. The van der Waals surface area contributed by atoms with Crippen LogP contribution in [0.1, 0.15) is 6.42 Å². The van der Waals surface area contributed by atoms with Crippen LogP contribution in [0, 0.1) is 0 Å². The van der Waals surface area contributed by atoms with Gasteiger partial charge in [0.05, 0.1) is 6.42 Å². The highest BCUT2D eigenvalue weighted by atomic mass is 31.2. The van der Waals surface area contributed by atoms with Crippen molar-refractivity contribution in [2.75, 3.05) is 6.16 Å². The highest BCUT2D eigenvalue weighted by Crippen LogP contribution is 2.41. The maximum absolute atomic E-state index is 10.5. The maximum atomic E-state index is 10.5. The average molecular weight is 182 g/mol. The number of rotatable bonds is 4. The van der Waals surface area contributed by atoms with Crippen LogP contribution in [-0.4, -0.2) is 32.9 Å². The SMILES string of the molecule is O=C(O)CCP(=O)(O)C(=O)O. The van der Waals surface area contributed by atoms with Gasteiger partial charge in [0.2, 0.25) is 0 Å². The van der Waals surface area contributed by atoms with Gasteiger partial charge in [-0.05, 0) is 0 Å². The Hall–Kier alpha value is -0.870. The summed E-state index contributed by atoms with van der Waals surface area (Å²) in [4.78, 5) is 28.3. The summed E-state index contributed by atoms with van der Waals surface area (Å²) in [5, 5.41) is 16.1. The fraction of sp³-hybridized carbons (Fsp3) is 0.500. The normalized spacial score (nSPS) is 15.4. The Morgan fingerprint density at radius 2 is 1.73 bits per heavy atom. The van der Waals surface area contributed by atoms with E-state index in [0.29, 0.717) is 0 Å². The molecule has 1 unspecified atom stereocenters. The molecule has 0 fully saturated rings. The third kappa shape index (κ3) is 3.75. The molecule has 0 aliphatic heterocycles. The standard InChI is InChI=1S/C4H7O6P/c5-3(6)1-2-11(9,10)4(7)8/h1-2H2,(H,5,6)(H,7,8)(H,9,10). The zero-order chi connectivity index (χ0) is 9.07. The molecule has 0 aliphatic rings. The lowest BCUT2D eigenvalue weighted by molar-refractivity contribution is -0.136. The van der Waals surface area contributed by atoms with Crippen molar-refractivity contribution in [2.45, 2.75) is 6.42 Å². The molecule has 6 nitrogen and oxygen atoms in total. The predicted octanol–water partition coefficient (Wildman–Crippen LogP) is 0.409. The quantitative estimate of drug-likeness (QED) is 0.542. The summed E-state index contributed by atoms with van der Waals surface area (Å²) in [6.07, 6.45) is -1.34. The van der Waals surface area contributed by atoms with Gasteiger partial charge in [0, 0.05) is 6.16 Å². The Morgan fingerprint density at radius 3 is 2.00 bits per heavy atom. The number of hydrogen-bond acceptors (Lipinski definition) is 3. The van der Waals surface area contributed by atoms with Crippen molar-refractivity contribution in [1.82, 2.24) is 0 Å². The molecule has 0 saturated carbocycles. The first-order valence-corrected chi connectivity index (χ1v) is 4.48. The van der Waals surface area contributed by atoms with Gasteiger partial charge in [0.1, 0.15) is 0 Å². The van der Waals surface area contributed by atoms with E-state index in [1.165, 1.54) is 0 Å². The van der Waals surface area contributed by atoms with E-state index in [1.54, 1.807) is 0 Å². The molecule has 0 spiro atoms. The lowest BCUT2D eigenvalue weighted by Gasteiger charge is -2.01. The van der Waals surface area contributed by atoms with Gasteiger partial charge in [-0.2, -0.15) is 0 Å². The molecular weight excluding hydrogens is 175 g/mol. The molecule has 0 aliphatic carbocycles. The molecular formula is C4H7O6P. The van der Waals surface area contributed by atoms with Crippen LogP contribution in [0.5, 0.6) is 0 Å². The van der Waals surface area contributed by atoms with Gasteiger partial charge in [-0.15, -0.1) is 0 Å². The van der Waals surface area contributed by atoms with Crippen LogP contribution in [0.15, 0.2) is 0 Å². The van der Waals surface area contributed by atoms with Crippen molar-refractivity contribution in [1.29, 1.82) is 0 Å². The predicted molar refractivity (Wildman–Crippen MR) is 35.0 cm³/mol. The topological polar surface area (TPSA) is 112 Å². The minimum absolute atomic E-state index is 0.611. The van der Waals surface area contributed by atoms with E-state index in [-0.39, 0.29) is 0 Å². The second-order valence-electron chi connectivity index (χ2n) is 1.85. The van der Waals surface area contributed by atoms with Gasteiger partial charge in [0.15, 0.2) is 0 Å². The smallest absolute Gasteiger partial charge is 0.388 e. The zero-order valence-electron chi connectivity index (χ0n) is 5.43. The van der Waals surface area contributed by atoms with Crippen LogP contribution in [0.25, 0.3) is 0 Å². The summed E-state index contributed by atoms with van der Waals surface area (Å²) in [6.45, 7) is 0. The summed E-state index contributed by atoms with van der Waals surface area (Å²) >= 11 is 0. The largest absolute Gasteiger partial charge is 0.481 e. The fourth-order valence-corrected chi connectivity index (χ4v) is 1.03. The van der Waals surface area contributed by atoms with Gasteiger partial charge < -0.3 is 15.1 Å². The van der Waals surface area contributed by atoms with E-state index in [0.717, 1.165) is 0 Å². The number of carbonyl (C=O) groups is 2. The maximum Gasteiger partial charge on any atom is 0.388 e. The Labute approximate surface area is 61.9 Å². The molecule has 0 aromatic heterocycles. The van der Waals surface area contributed by atoms with E-state index < -0.39 is 31.6 Å². The molecule has 0 saturated heterocycles. The highest BCUT2D eigenvalue weighted by molar-refractivity contribution is 7.74. The summed E-state index contributed by atoms with van der Waals surface area (Å²) in [5.41, 5.74) is -1.85. The molecule has 0 aromatic rings. The van der Waals surface area contributed by atoms with Crippen LogP contribution in [0.2, 0.25) is 0 Å². The second-order valence-corrected chi connectivity index (χ2v) is 4.08. The van der Waals surface area contributed by atoms with Crippen LogP contribution < -0.4 is 0 Å². The minimum atomic E-state index is -4.28. The van der Waals surface area contributed by atoms with Crippen molar-refractivity contribution >= 4 is 19.0 Å². The van der Waals surface area contributed by atoms with Gasteiger partial charge in [-0.3, -0.25) is 9.36 Å². The minimum Gasteiger partial charge on any atom is -0.481 e. The average Bonchev–Trinajstić information content (AvgIpc) is 1.84. The molecule has 0 amide bonds. The lowest BCUT2D eigenvalue weighted by atomic mass is 10.5. The Balaban J connectivity index is 4.04. The fourth-order valence-electron chi connectivity index (χ4n) is 0.343. The van der Waals surface area contributed by atoms with E-state index in [4.69, 9.17) is 15.1 Å². The van der Waals surface area contributed by atoms with Crippen molar-refractivity contribution in [3.8, 4) is 0 Å². The summed E-state index contributed by atoms with van der Waals surface area (Å²) < 4.78 is 10.5. The van der Waals surface area contributed by atoms with Gasteiger partial charge in [0.25, 0.3) is 0 Å². The number of carboxylic acids is 1. The second kappa shape index (κ2) is 3.50. The summed E-state index contributed by atoms with van der Waals surface area (Å²) in [7, 11) is -4.28. The summed E-state index contributed by atoms with van der Waals surface area (Å²) in [5.74, 6) is -1.29. The molecule has 0 heterocycles. The van der Waals surface area contributed by atoms with Crippen LogP contribution in [0.3, 0.4) is 0 Å². The van der Waals surface area contributed by atoms with E-state index >= 15 is 0 Å². The third-order valence-corrected chi connectivity index (χ3v) is 2.36. The third-order valence-electron chi connectivity index (χ3n) is 0.928. The molecule has 7 heteroatoms. The molecule has 1 atom stereocenters. The van der Waals surface area contributed by atoms with Crippen molar-refractivity contribution in [3.05, 3.63) is 0 Å². The van der Waals surface area contributed by atoms with Crippen LogP contribution in [-0.2, 0) is 9.36 Å². The molecule has 0 bridgehead atoms. The first-order chi connectivity index (χ1) is 4.86. The lowest BCUT2D eigenvalue weighted by Crippen LogP contribution is -2.04. The molecule has 0 rings (SSSR count). The molecule has 3 N–H and O–H groups in total. The van der Waals surface area contributed by atoms with Gasteiger partial charge in [-0.1, -0.05) is 0 Å².